The Morgan fingerprint density at radius 1 is 0.632 bits per heavy atom. The maximum Gasteiger partial charge on any atom is 0.00984 e. The van der Waals surface area contributed by atoms with Gasteiger partial charge in [-0.2, -0.15) is 0 Å². The molecule has 4 atom stereocenters. The second kappa shape index (κ2) is 20.3. The van der Waals surface area contributed by atoms with Gasteiger partial charge in [-0.25, -0.2) is 0 Å². The van der Waals surface area contributed by atoms with E-state index in [1.54, 1.807) is 0 Å². The third-order valence-corrected chi connectivity index (χ3v) is 3.76. The van der Waals surface area contributed by atoms with Crippen LogP contribution in [0.25, 0.3) is 0 Å². The Morgan fingerprint density at radius 2 is 0.842 bits per heavy atom. The number of likely N-dealkylation sites (tertiary alicyclic amines) is 1. The average Bonchev–Trinajstić information content (AvgIpc) is 2.61. The summed E-state index contributed by atoms with van der Waals surface area (Å²) in [4.78, 5) is 2.61. The summed E-state index contributed by atoms with van der Waals surface area (Å²) in [6.07, 6.45) is 0. The molecule has 0 bridgehead atoms. The van der Waals surface area contributed by atoms with Crippen LogP contribution in [0.5, 0.6) is 0 Å². The molecule has 0 aliphatic carbocycles. The van der Waals surface area contributed by atoms with Gasteiger partial charge in [0.1, 0.15) is 0 Å². The Labute approximate surface area is 127 Å². The highest BCUT2D eigenvalue weighted by molar-refractivity contribution is 4.91. The molecule has 0 amide bonds. The van der Waals surface area contributed by atoms with Crippen molar-refractivity contribution in [1.29, 1.82) is 0 Å². The first kappa shape index (κ1) is 31.4. The van der Waals surface area contributed by atoms with Crippen molar-refractivity contribution in [3.8, 4) is 0 Å². The summed E-state index contributed by atoms with van der Waals surface area (Å²) in [6, 6.07) is 1.56. The van der Waals surface area contributed by atoms with Crippen LogP contribution in [-0.2, 0) is 0 Å². The van der Waals surface area contributed by atoms with Crippen LogP contribution in [-0.4, -0.2) is 23.5 Å². The van der Waals surface area contributed by atoms with E-state index >= 15 is 0 Å². The molecule has 1 heterocycles. The lowest BCUT2D eigenvalue weighted by atomic mass is 9.92. The van der Waals surface area contributed by atoms with Gasteiger partial charge < -0.3 is 0 Å². The normalized spacial score (nSPS) is 27.9. The van der Waals surface area contributed by atoms with Crippen LogP contribution in [0.4, 0.5) is 0 Å². The van der Waals surface area contributed by atoms with E-state index in [0.29, 0.717) is 0 Å². The van der Waals surface area contributed by atoms with E-state index in [0.717, 1.165) is 23.9 Å². The van der Waals surface area contributed by atoms with E-state index in [1.165, 1.54) is 6.54 Å². The molecule has 0 aromatic rings. The summed E-state index contributed by atoms with van der Waals surface area (Å²) < 4.78 is 0. The molecule has 1 aliphatic rings. The largest absolute Gasteiger partial charge is 0.298 e. The van der Waals surface area contributed by atoms with Gasteiger partial charge in [-0.05, 0) is 32.2 Å². The zero-order valence-corrected chi connectivity index (χ0v) is 14.5. The second-order valence-electron chi connectivity index (χ2n) is 4.03. The maximum atomic E-state index is 2.61. The van der Waals surface area contributed by atoms with Crippen molar-refractivity contribution in [2.24, 2.45) is 11.8 Å². The molecule has 1 aliphatic heterocycles. The summed E-state index contributed by atoms with van der Waals surface area (Å²) >= 11 is 0. The van der Waals surface area contributed by atoms with Crippen LogP contribution in [0, 0.1) is 11.8 Å². The number of rotatable bonds is 1. The second-order valence-corrected chi connectivity index (χ2v) is 4.03. The maximum absolute atomic E-state index is 2.61. The summed E-state index contributed by atoms with van der Waals surface area (Å²) in [5.41, 5.74) is 0. The van der Waals surface area contributed by atoms with E-state index in [1.807, 2.05) is 41.5 Å². The fourth-order valence-electron chi connectivity index (χ4n) is 2.43. The monoisotopic (exact) mass is 277 g/mol. The fraction of sp³-hybridized carbons (Fsp3) is 1.00. The van der Waals surface area contributed by atoms with E-state index in [4.69, 9.17) is 0 Å². The summed E-state index contributed by atoms with van der Waals surface area (Å²) in [5, 5.41) is 0. The van der Waals surface area contributed by atoms with Crippen LogP contribution < -0.4 is 0 Å². The van der Waals surface area contributed by atoms with Gasteiger partial charge in [-0.1, -0.05) is 77.2 Å². The van der Waals surface area contributed by atoms with Crippen molar-refractivity contribution in [3.05, 3.63) is 0 Å². The van der Waals surface area contributed by atoms with Gasteiger partial charge in [0.2, 0.25) is 0 Å². The molecule has 124 valence electrons. The molecule has 0 saturated carbocycles. The third-order valence-electron chi connectivity index (χ3n) is 3.76. The minimum atomic E-state index is 0. The van der Waals surface area contributed by atoms with Gasteiger partial charge in [-0.15, -0.1) is 0 Å². The minimum absolute atomic E-state index is 0. The summed E-state index contributed by atoms with van der Waals surface area (Å²) in [7, 11) is 0. The molecule has 1 fully saturated rings. The first-order valence-electron chi connectivity index (χ1n) is 7.85. The predicted octanol–water partition coefficient (Wildman–Crippen LogP) is 6.72. The first-order chi connectivity index (χ1) is 8.09. The molecule has 1 nitrogen and oxygen atoms in total. The van der Waals surface area contributed by atoms with E-state index in [9.17, 15) is 0 Å². The lowest BCUT2D eigenvalue weighted by Crippen LogP contribution is -2.34. The van der Waals surface area contributed by atoms with Crippen LogP contribution in [0.2, 0.25) is 0 Å². The van der Waals surface area contributed by atoms with E-state index < -0.39 is 0 Å². The molecular weight excluding hydrogens is 230 g/mol. The van der Waals surface area contributed by atoms with Crippen molar-refractivity contribution in [1.82, 2.24) is 4.90 Å². The van der Waals surface area contributed by atoms with Crippen molar-refractivity contribution < 1.29 is 0 Å². The highest BCUT2D eigenvalue weighted by atomic mass is 15.2. The first-order valence-corrected chi connectivity index (χ1v) is 7.85. The van der Waals surface area contributed by atoms with Crippen LogP contribution in [0.3, 0.4) is 0 Å². The minimum Gasteiger partial charge on any atom is -0.298 e. The van der Waals surface area contributed by atoms with Gasteiger partial charge in [0.25, 0.3) is 0 Å². The zero-order chi connectivity index (χ0) is 14.6. The van der Waals surface area contributed by atoms with Crippen molar-refractivity contribution in [3.63, 3.8) is 0 Å². The standard InChI is InChI=1S/C10H21N.3C2H6.2CH4/c1-6-11-9(4)7(2)8(3)10(11)5;3*1-2;;/h7-10H,6H2,1-5H3;3*1-2H3;2*1H4/t7-,8+,9-,10+;;;;;. The number of hydrogen-bond donors (Lipinski definition) is 0. The van der Waals surface area contributed by atoms with Gasteiger partial charge in [0, 0.05) is 12.1 Å². The predicted molar refractivity (Wildman–Crippen MR) is 97.1 cm³/mol. The van der Waals surface area contributed by atoms with Gasteiger partial charge >= 0.3 is 0 Å². The molecule has 0 N–H and O–H groups in total. The van der Waals surface area contributed by atoms with Crippen LogP contribution in [0.15, 0.2) is 0 Å². The molecule has 0 radical (unpaired) electrons. The Balaban J connectivity index is -0.0000000724. The summed E-state index contributed by atoms with van der Waals surface area (Å²) in [5.74, 6) is 1.73. The van der Waals surface area contributed by atoms with Crippen molar-refractivity contribution >= 4 is 0 Å². The smallest absolute Gasteiger partial charge is 0.00984 e. The molecule has 19 heavy (non-hydrogen) atoms. The van der Waals surface area contributed by atoms with Crippen LogP contribution >= 0.6 is 0 Å². The SMILES string of the molecule is C.C.CC.CC.CC.CCN1[C@H](C)[C@H](C)[C@H](C)[C@@H]1C. The average molecular weight is 278 g/mol. The molecule has 0 unspecified atom stereocenters. The molecule has 0 aromatic carbocycles. The Hall–Kier alpha value is -0.0400. The molecule has 1 saturated heterocycles. The fourth-order valence-corrected chi connectivity index (χ4v) is 2.43. The number of nitrogens with zero attached hydrogens (tertiary/aromatic N) is 1. The Kier molecular flexibility index (Phi) is 33.5. The van der Waals surface area contributed by atoms with Crippen molar-refractivity contribution in [2.75, 3.05) is 6.54 Å². The van der Waals surface area contributed by atoms with Gasteiger partial charge in [0.05, 0.1) is 0 Å². The molecule has 0 aromatic heterocycles. The Bertz CT molecular complexity index is 120. The van der Waals surface area contributed by atoms with E-state index in [-0.39, 0.29) is 14.9 Å². The highest BCUT2D eigenvalue weighted by Crippen LogP contribution is 2.33. The van der Waals surface area contributed by atoms with Gasteiger partial charge in [-0.3, -0.25) is 4.90 Å². The lowest BCUT2D eigenvalue weighted by molar-refractivity contribution is 0.209. The topological polar surface area (TPSA) is 3.24 Å². The lowest BCUT2D eigenvalue weighted by Gasteiger charge is -2.25. The van der Waals surface area contributed by atoms with Crippen LogP contribution in [0.1, 0.15) is 91.0 Å². The quantitative estimate of drug-likeness (QED) is 0.514. The van der Waals surface area contributed by atoms with E-state index in [2.05, 4.69) is 39.5 Å². The molecular formula is C18H47N. The Morgan fingerprint density at radius 3 is 0.947 bits per heavy atom. The molecule has 1 heteroatoms. The number of hydrogen-bond acceptors (Lipinski definition) is 1. The van der Waals surface area contributed by atoms with Gasteiger partial charge in [0.15, 0.2) is 0 Å². The van der Waals surface area contributed by atoms with Crippen molar-refractivity contribution in [2.45, 2.75) is 103 Å². The zero-order valence-electron chi connectivity index (χ0n) is 14.5. The highest BCUT2D eigenvalue weighted by Gasteiger charge is 2.37. The molecule has 0 spiro atoms. The third kappa shape index (κ3) is 9.49. The molecule has 1 rings (SSSR count). The summed E-state index contributed by atoms with van der Waals surface area (Å²) in [6.45, 7) is 24.9.